The highest BCUT2D eigenvalue weighted by Crippen LogP contribution is 2.42. The lowest BCUT2D eigenvalue weighted by molar-refractivity contribution is 0.102. The average molecular weight is 225 g/mol. The normalized spacial score (nSPS) is 30.9. The number of nitrogens with two attached hydrogens (primary N) is 1. The third-order valence-electron chi connectivity index (χ3n) is 4.76. The van der Waals surface area contributed by atoms with E-state index in [1.165, 1.54) is 38.9 Å². The molecule has 1 aliphatic heterocycles. The first-order valence-corrected chi connectivity index (χ1v) is 6.66. The highest BCUT2D eigenvalue weighted by molar-refractivity contribution is 5.00. The lowest BCUT2D eigenvalue weighted by Crippen LogP contribution is -2.53. The molecular weight excluding hydrogens is 198 g/mol. The summed E-state index contributed by atoms with van der Waals surface area (Å²) in [6.07, 6.45) is 4.11. The van der Waals surface area contributed by atoms with E-state index in [1.807, 2.05) is 0 Å². The zero-order chi connectivity index (χ0) is 11.8. The van der Waals surface area contributed by atoms with Gasteiger partial charge in [0.1, 0.15) is 0 Å². The molecule has 1 aliphatic carbocycles. The van der Waals surface area contributed by atoms with Crippen molar-refractivity contribution in [3.05, 3.63) is 0 Å². The Bertz CT molecular complexity index is 239. The third-order valence-corrected chi connectivity index (χ3v) is 4.76. The monoisotopic (exact) mass is 225 g/mol. The van der Waals surface area contributed by atoms with E-state index in [-0.39, 0.29) is 5.54 Å². The van der Waals surface area contributed by atoms with Gasteiger partial charge in [0.05, 0.1) is 0 Å². The molecule has 1 heterocycles. The molecule has 1 saturated heterocycles. The average Bonchev–Trinajstić information content (AvgIpc) is 3.03. The molecule has 94 valence electrons. The second-order valence-corrected chi connectivity index (χ2v) is 6.13. The van der Waals surface area contributed by atoms with Crippen molar-refractivity contribution in [2.24, 2.45) is 17.6 Å². The summed E-state index contributed by atoms with van der Waals surface area (Å²) in [6, 6.07) is 0. The van der Waals surface area contributed by atoms with Crippen molar-refractivity contribution >= 4 is 0 Å². The molecular formula is C13H27N3. The molecule has 2 rings (SSSR count). The molecule has 3 heteroatoms. The quantitative estimate of drug-likeness (QED) is 0.757. The van der Waals surface area contributed by atoms with E-state index in [9.17, 15) is 0 Å². The molecule has 0 amide bonds. The van der Waals surface area contributed by atoms with Crippen LogP contribution in [0.3, 0.4) is 0 Å². The molecule has 16 heavy (non-hydrogen) atoms. The Hall–Kier alpha value is -0.120. The fourth-order valence-electron chi connectivity index (χ4n) is 3.11. The molecule has 2 atom stereocenters. The molecule has 0 aromatic heterocycles. The summed E-state index contributed by atoms with van der Waals surface area (Å²) in [5.74, 6) is 1.70. The first-order valence-electron chi connectivity index (χ1n) is 6.66. The fourth-order valence-corrected chi connectivity index (χ4v) is 3.11. The van der Waals surface area contributed by atoms with Gasteiger partial charge in [0.15, 0.2) is 0 Å². The topological polar surface area (TPSA) is 32.5 Å². The van der Waals surface area contributed by atoms with Gasteiger partial charge in [0, 0.05) is 25.2 Å². The van der Waals surface area contributed by atoms with Gasteiger partial charge in [-0.25, -0.2) is 0 Å². The van der Waals surface area contributed by atoms with Crippen LogP contribution in [0.15, 0.2) is 0 Å². The Morgan fingerprint density at radius 3 is 2.50 bits per heavy atom. The third kappa shape index (κ3) is 2.41. The van der Waals surface area contributed by atoms with Crippen LogP contribution in [0.4, 0.5) is 0 Å². The zero-order valence-electron chi connectivity index (χ0n) is 11.1. The number of nitrogens with zero attached hydrogens (tertiary/aromatic N) is 2. The Morgan fingerprint density at radius 1 is 1.38 bits per heavy atom. The van der Waals surface area contributed by atoms with E-state index in [2.05, 4.69) is 30.8 Å². The predicted molar refractivity (Wildman–Crippen MR) is 68.4 cm³/mol. The van der Waals surface area contributed by atoms with Crippen LogP contribution in [0.25, 0.3) is 0 Å². The molecule has 0 bridgehead atoms. The van der Waals surface area contributed by atoms with Gasteiger partial charge in [-0.05, 0) is 58.7 Å². The molecule has 0 spiro atoms. The van der Waals surface area contributed by atoms with E-state index >= 15 is 0 Å². The molecule has 2 aliphatic rings. The summed E-state index contributed by atoms with van der Waals surface area (Å²) in [4.78, 5) is 4.98. The summed E-state index contributed by atoms with van der Waals surface area (Å²) < 4.78 is 0. The first kappa shape index (κ1) is 12.3. The molecule has 3 nitrogen and oxygen atoms in total. The largest absolute Gasteiger partial charge is 0.329 e. The van der Waals surface area contributed by atoms with Crippen LogP contribution in [0.2, 0.25) is 0 Å². The molecule has 0 aromatic rings. The summed E-state index contributed by atoms with van der Waals surface area (Å²) in [5.41, 5.74) is 6.25. The Kier molecular flexibility index (Phi) is 3.57. The number of hydrogen-bond acceptors (Lipinski definition) is 3. The van der Waals surface area contributed by atoms with Crippen molar-refractivity contribution in [3.8, 4) is 0 Å². The van der Waals surface area contributed by atoms with E-state index < -0.39 is 0 Å². The van der Waals surface area contributed by atoms with Gasteiger partial charge in [0.2, 0.25) is 0 Å². The maximum atomic E-state index is 6.00. The van der Waals surface area contributed by atoms with Gasteiger partial charge < -0.3 is 10.6 Å². The Balaban J connectivity index is 1.88. The minimum atomic E-state index is 0.251. The van der Waals surface area contributed by atoms with Crippen molar-refractivity contribution in [2.45, 2.75) is 31.7 Å². The van der Waals surface area contributed by atoms with E-state index in [0.29, 0.717) is 0 Å². The van der Waals surface area contributed by atoms with Crippen LogP contribution in [-0.4, -0.2) is 55.6 Å². The number of rotatable bonds is 5. The zero-order valence-corrected chi connectivity index (χ0v) is 11.1. The number of likely N-dealkylation sites (N-methyl/N-ethyl adjacent to an activating group) is 1. The standard InChI is InChI=1S/C13H27N3/c1-13(10-14,12-4-5-12)16(3)9-11-6-7-15(2)8-11/h11-12H,4-10,14H2,1-3H3. The van der Waals surface area contributed by atoms with Crippen LogP contribution in [0, 0.1) is 11.8 Å². The second-order valence-electron chi connectivity index (χ2n) is 6.13. The summed E-state index contributed by atoms with van der Waals surface area (Å²) in [6.45, 7) is 6.89. The number of hydrogen-bond donors (Lipinski definition) is 1. The van der Waals surface area contributed by atoms with Crippen molar-refractivity contribution in [1.82, 2.24) is 9.80 Å². The first-order chi connectivity index (χ1) is 7.56. The molecule has 2 N–H and O–H groups in total. The Morgan fingerprint density at radius 2 is 2.06 bits per heavy atom. The van der Waals surface area contributed by atoms with Gasteiger partial charge >= 0.3 is 0 Å². The van der Waals surface area contributed by atoms with E-state index in [1.54, 1.807) is 0 Å². The van der Waals surface area contributed by atoms with E-state index in [0.717, 1.165) is 18.4 Å². The van der Waals surface area contributed by atoms with E-state index in [4.69, 9.17) is 5.73 Å². The summed E-state index contributed by atoms with van der Waals surface area (Å²) in [5, 5.41) is 0. The minimum absolute atomic E-state index is 0.251. The van der Waals surface area contributed by atoms with Crippen LogP contribution < -0.4 is 5.73 Å². The maximum Gasteiger partial charge on any atom is 0.0328 e. The maximum absolute atomic E-state index is 6.00. The Labute approximate surface area is 100.0 Å². The molecule has 0 radical (unpaired) electrons. The summed E-state index contributed by atoms with van der Waals surface area (Å²) in [7, 11) is 4.49. The molecule has 1 saturated carbocycles. The van der Waals surface area contributed by atoms with Gasteiger partial charge in [0.25, 0.3) is 0 Å². The molecule has 2 fully saturated rings. The predicted octanol–water partition coefficient (Wildman–Crippen LogP) is 0.997. The molecule has 2 unspecified atom stereocenters. The highest BCUT2D eigenvalue weighted by atomic mass is 15.2. The lowest BCUT2D eigenvalue weighted by Gasteiger charge is -2.40. The SMILES string of the molecule is CN1CCC(CN(C)C(C)(CN)C2CC2)C1. The summed E-state index contributed by atoms with van der Waals surface area (Å²) >= 11 is 0. The molecule has 0 aromatic carbocycles. The van der Waals surface area contributed by atoms with Crippen molar-refractivity contribution in [2.75, 3.05) is 40.3 Å². The van der Waals surface area contributed by atoms with Gasteiger partial charge in [-0.2, -0.15) is 0 Å². The van der Waals surface area contributed by atoms with Gasteiger partial charge in [-0.15, -0.1) is 0 Å². The van der Waals surface area contributed by atoms with Gasteiger partial charge in [-0.1, -0.05) is 0 Å². The smallest absolute Gasteiger partial charge is 0.0328 e. The van der Waals surface area contributed by atoms with Crippen molar-refractivity contribution < 1.29 is 0 Å². The van der Waals surface area contributed by atoms with Crippen LogP contribution in [0.1, 0.15) is 26.2 Å². The minimum Gasteiger partial charge on any atom is -0.329 e. The van der Waals surface area contributed by atoms with Gasteiger partial charge in [-0.3, -0.25) is 4.90 Å². The van der Waals surface area contributed by atoms with Crippen LogP contribution in [0.5, 0.6) is 0 Å². The van der Waals surface area contributed by atoms with Crippen LogP contribution >= 0.6 is 0 Å². The number of likely N-dealkylation sites (tertiary alicyclic amines) is 1. The van der Waals surface area contributed by atoms with Crippen molar-refractivity contribution in [1.29, 1.82) is 0 Å². The lowest BCUT2D eigenvalue weighted by atomic mass is 9.92. The highest BCUT2D eigenvalue weighted by Gasteiger charge is 2.43. The van der Waals surface area contributed by atoms with Crippen LogP contribution in [-0.2, 0) is 0 Å². The van der Waals surface area contributed by atoms with Crippen molar-refractivity contribution in [3.63, 3.8) is 0 Å². The fraction of sp³-hybridized carbons (Fsp3) is 1.00. The second kappa shape index (κ2) is 4.63.